The van der Waals surface area contributed by atoms with E-state index in [1.54, 1.807) is 23.9 Å². The van der Waals surface area contributed by atoms with Gasteiger partial charge in [0, 0.05) is 16.3 Å². The van der Waals surface area contributed by atoms with E-state index in [9.17, 15) is 0 Å². The molecule has 86 valence electrons. The molecule has 3 N–H and O–H groups in total. The van der Waals surface area contributed by atoms with Gasteiger partial charge < -0.3 is 5.43 Å². The molecule has 1 rings (SSSR count). The van der Waals surface area contributed by atoms with Crippen molar-refractivity contribution in [3.05, 3.63) is 47.5 Å². The highest BCUT2D eigenvalue weighted by Crippen LogP contribution is 2.10. The molecular formula is C11H14ClN3S. The molecular weight excluding hydrogens is 242 g/mol. The van der Waals surface area contributed by atoms with E-state index in [-0.39, 0.29) is 0 Å². The summed E-state index contributed by atoms with van der Waals surface area (Å²) >= 11 is 7.47. The fourth-order valence-electron chi connectivity index (χ4n) is 1.07. The number of rotatable bonds is 5. The number of hydrogen-bond donors (Lipinski definition) is 2. The van der Waals surface area contributed by atoms with Crippen LogP contribution >= 0.6 is 23.4 Å². The van der Waals surface area contributed by atoms with Crippen LogP contribution in [0, 0.1) is 0 Å². The van der Waals surface area contributed by atoms with Gasteiger partial charge in [-0.2, -0.15) is 0 Å². The Morgan fingerprint density at radius 2 is 2.19 bits per heavy atom. The molecule has 0 aromatic heterocycles. The highest BCUT2D eigenvalue weighted by Gasteiger charge is 2.00. The molecule has 0 saturated heterocycles. The minimum absolute atomic E-state index is 0.647. The van der Waals surface area contributed by atoms with E-state index in [1.165, 1.54) is 0 Å². The second-order valence-electron chi connectivity index (χ2n) is 2.95. The number of nitrogens with two attached hydrogens (primary N) is 1. The second-order valence-corrected chi connectivity index (χ2v) is 4.38. The first-order valence-corrected chi connectivity index (χ1v) is 6.27. The maximum atomic E-state index is 5.80. The van der Waals surface area contributed by atoms with Crippen LogP contribution in [-0.2, 0) is 0 Å². The first-order valence-electron chi connectivity index (χ1n) is 4.73. The third-order valence-corrected chi connectivity index (χ3v) is 2.84. The van der Waals surface area contributed by atoms with Crippen LogP contribution in [0.15, 0.2) is 41.9 Å². The molecule has 3 nitrogen and oxygen atoms in total. The molecule has 0 unspecified atom stereocenters. The number of nitrogens with one attached hydrogen (secondary N) is 1. The summed E-state index contributed by atoms with van der Waals surface area (Å²) in [5.74, 6) is 7.60. The van der Waals surface area contributed by atoms with Crippen molar-refractivity contribution in [1.82, 2.24) is 5.43 Å². The number of halogens is 1. The van der Waals surface area contributed by atoms with Gasteiger partial charge >= 0.3 is 0 Å². The monoisotopic (exact) mass is 255 g/mol. The quantitative estimate of drug-likeness (QED) is 0.212. The molecule has 0 aliphatic heterocycles. The lowest BCUT2D eigenvalue weighted by Crippen LogP contribution is -2.31. The topological polar surface area (TPSA) is 50.4 Å². The first kappa shape index (κ1) is 13.1. The number of benzene rings is 1. The zero-order valence-corrected chi connectivity index (χ0v) is 10.4. The third kappa shape index (κ3) is 4.26. The van der Waals surface area contributed by atoms with Gasteiger partial charge in [0.2, 0.25) is 0 Å². The van der Waals surface area contributed by atoms with E-state index in [0.29, 0.717) is 16.7 Å². The second kappa shape index (κ2) is 7.33. The van der Waals surface area contributed by atoms with Gasteiger partial charge in [-0.1, -0.05) is 17.7 Å². The van der Waals surface area contributed by atoms with Crippen LogP contribution < -0.4 is 11.3 Å². The van der Waals surface area contributed by atoms with Gasteiger partial charge in [0.05, 0.1) is 5.88 Å². The van der Waals surface area contributed by atoms with Gasteiger partial charge in [-0.25, -0.2) is 5.84 Å². The number of thioether (sulfide) groups is 1. The SMILES string of the molecule is C=CCSCN=C(NN)c1ccc(Cl)cc1. The van der Waals surface area contributed by atoms with Crippen LogP contribution in [-0.4, -0.2) is 17.5 Å². The van der Waals surface area contributed by atoms with Gasteiger partial charge in [-0.15, -0.1) is 18.3 Å². The summed E-state index contributed by atoms with van der Waals surface area (Å²) in [6.45, 7) is 3.64. The van der Waals surface area contributed by atoms with Gasteiger partial charge in [0.15, 0.2) is 0 Å². The Morgan fingerprint density at radius 3 is 2.75 bits per heavy atom. The summed E-state index contributed by atoms with van der Waals surface area (Å²) in [5.41, 5.74) is 3.50. The van der Waals surface area contributed by atoms with Crippen LogP contribution in [0.2, 0.25) is 5.02 Å². The lowest BCUT2D eigenvalue weighted by Gasteiger charge is -2.05. The summed E-state index contributed by atoms with van der Waals surface area (Å²) < 4.78 is 0. The van der Waals surface area contributed by atoms with E-state index < -0.39 is 0 Å². The lowest BCUT2D eigenvalue weighted by atomic mass is 10.2. The lowest BCUT2D eigenvalue weighted by molar-refractivity contribution is 1.01. The van der Waals surface area contributed by atoms with Crippen LogP contribution in [0.3, 0.4) is 0 Å². The van der Waals surface area contributed by atoms with Crippen LogP contribution in [0.5, 0.6) is 0 Å². The summed E-state index contributed by atoms with van der Waals surface area (Å²) in [6, 6.07) is 7.36. The van der Waals surface area contributed by atoms with Crippen LogP contribution in [0.1, 0.15) is 5.56 Å². The van der Waals surface area contributed by atoms with Crippen LogP contribution in [0.25, 0.3) is 0 Å². The highest BCUT2D eigenvalue weighted by molar-refractivity contribution is 7.99. The summed E-state index contributed by atoms with van der Waals surface area (Å²) in [5, 5.41) is 0.696. The minimum Gasteiger partial charge on any atom is -0.308 e. The molecule has 16 heavy (non-hydrogen) atoms. The average Bonchev–Trinajstić information content (AvgIpc) is 2.31. The van der Waals surface area contributed by atoms with Crippen molar-refractivity contribution in [2.24, 2.45) is 10.8 Å². The van der Waals surface area contributed by atoms with Crippen molar-refractivity contribution < 1.29 is 0 Å². The smallest absolute Gasteiger partial charge is 0.143 e. The molecule has 0 atom stereocenters. The number of aliphatic imine (C=N–C) groups is 1. The molecule has 0 amide bonds. The van der Waals surface area contributed by atoms with E-state index >= 15 is 0 Å². The predicted octanol–water partition coefficient (Wildman–Crippen LogP) is 2.43. The predicted molar refractivity (Wildman–Crippen MR) is 72.8 cm³/mol. The fraction of sp³-hybridized carbons (Fsp3) is 0.182. The standard InChI is InChI=1S/C11H14ClN3S/c1-2-7-16-8-14-11(15-13)9-3-5-10(12)6-4-9/h2-6H,1,7-8,13H2,(H,14,15). The number of amidine groups is 1. The maximum absolute atomic E-state index is 5.80. The third-order valence-electron chi connectivity index (χ3n) is 1.80. The Labute approximate surface area is 105 Å². The molecule has 0 spiro atoms. The summed E-state index contributed by atoms with van der Waals surface area (Å²) in [7, 11) is 0. The number of hydrogen-bond acceptors (Lipinski definition) is 3. The molecule has 0 aliphatic rings. The normalized spacial score (nSPS) is 11.2. The summed E-state index contributed by atoms with van der Waals surface area (Å²) in [4.78, 5) is 4.33. The van der Waals surface area contributed by atoms with E-state index in [1.807, 2.05) is 18.2 Å². The molecule has 0 bridgehead atoms. The van der Waals surface area contributed by atoms with Crippen molar-refractivity contribution in [1.29, 1.82) is 0 Å². The Balaban J connectivity index is 2.65. The van der Waals surface area contributed by atoms with Gasteiger partial charge in [0.1, 0.15) is 5.84 Å². The first-order chi connectivity index (χ1) is 7.77. The Kier molecular flexibility index (Phi) is 6.00. The van der Waals surface area contributed by atoms with E-state index in [0.717, 1.165) is 11.3 Å². The molecule has 5 heteroatoms. The largest absolute Gasteiger partial charge is 0.308 e. The average molecular weight is 256 g/mol. The van der Waals surface area contributed by atoms with Gasteiger partial charge in [0.25, 0.3) is 0 Å². The zero-order chi connectivity index (χ0) is 11.8. The van der Waals surface area contributed by atoms with Gasteiger partial charge in [-0.3, -0.25) is 4.99 Å². The van der Waals surface area contributed by atoms with E-state index in [2.05, 4.69) is 17.0 Å². The molecule has 0 aliphatic carbocycles. The maximum Gasteiger partial charge on any atom is 0.143 e. The molecule has 0 saturated carbocycles. The molecule has 1 aromatic carbocycles. The number of hydrazine groups is 1. The zero-order valence-electron chi connectivity index (χ0n) is 8.82. The molecule has 1 aromatic rings. The van der Waals surface area contributed by atoms with E-state index in [4.69, 9.17) is 17.4 Å². The van der Waals surface area contributed by atoms with Crippen molar-refractivity contribution in [2.75, 3.05) is 11.6 Å². The van der Waals surface area contributed by atoms with Crippen molar-refractivity contribution in [3.63, 3.8) is 0 Å². The van der Waals surface area contributed by atoms with Crippen molar-refractivity contribution in [3.8, 4) is 0 Å². The molecule has 0 radical (unpaired) electrons. The fourth-order valence-corrected chi connectivity index (χ4v) is 1.69. The Hall–Kier alpha value is -0.970. The van der Waals surface area contributed by atoms with Crippen molar-refractivity contribution >= 4 is 29.2 Å². The molecule has 0 heterocycles. The Morgan fingerprint density at radius 1 is 1.50 bits per heavy atom. The summed E-state index contributed by atoms with van der Waals surface area (Å²) in [6.07, 6.45) is 1.85. The molecule has 0 fully saturated rings. The Bertz CT molecular complexity index is 362. The van der Waals surface area contributed by atoms with Crippen LogP contribution in [0.4, 0.5) is 0 Å². The van der Waals surface area contributed by atoms with Gasteiger partial charge in [-0.05, 0) is 24.3 Å². The number of nitrogens with zero attached hydrogens (tertiary/aromatic N) is 1. The minimum atomic E-state index is 0.647. The van der Waals surface area contributed by atoms with Crippen molar-refractivity contribution in [2.45, 2.75) is 0 Å². The highest BCUT2D eigenvalue weighted by atomic mass is 35.5.